The second-order valence-corrected chi connectivity index (χ2v) is 14.0. The molecule has 0 aliphatic carbocycles. The van der Waals surface area contributed by atoms with Crippen molar-refractivity contribution >= 4 is 84.8 Å². The van der Waals surface area contributed by atoms with Crippen molar-refractivity contribution in [2.45, 2.75) is 0 Å². The van der Waals surface area contributed by atoms with Crippen molar-refractivity contribution in [2.75, 3.05) is 0 Å². The maximum absolute atomic E-state index is 9.69. The highest BCUT2D eigenvalue weighted by Crippen LogP contribution is 2.44. The summed E-state index contributed by atoms with van der Waals surface area (Å²) in [4.78, 5) is 14.9. The fourth-order valence-electron chi connectivity index (χ4n) is 6.87. The number of hydrogen-bond acceptors (Lipinski definition) is 5. The third kappa shape index (κ3) is 4.40. The predicted molar refractivity (Wildman–Crippen MR) is 216 cm³/mol. The summed E-state index contributed by atoms with van der Waals surface area (Å²) in [6.45, 7) is 0. The zero-order valence-electron chi connectivity index (χ0n) is 37.3. The summed E-state index contributed by atoms with van der Waals surface area (Å²) in [6.07, 6.45) is 0. The van der Waals surface area contributed by atoms with E-state index in [1.807, 2.05) is 71.3 Å². The van der Waals surface area contributed by atoms with Crippen LogP contribution in [-0.4, -0.2) is 19.5 Å². The van der Waals surface area contributed by atoms with Gasteiger partial charge in [0.2, 0.25) is 5.95 Å². The summed E-state index contributed by atoms with van der Waals surface area (Å²) in [7, 11) is 0. The monoisotopic (exact) mass is 697 g/mol. The summed E-state index contributed by atoms with van der Waals surface area (Å²) in [5.41, 5.74) is 1.61. The van der Waals surface area contributed by atoms with Gasteiger partial charge in [-0.05, 0) is 41.4 Å². The minimum atomic E-state index is -0.651. The average Bonchev–Trinajstić information content (AvgIpc) is 3.98. The lowest BCUT2D eigenvalue weighted by molar-refractivity contribution is 0.954. The van der Waals surface area contributed by atoms with E-state index in [0.717, 1.165) is 53.3 Å². The Morgan fingerprint density at radius 1 is 0.471 bits per heavy atom. The largest absolute Gasteiger partial charge is 0.278 e. The second kappa shape index (κ2) is 11.2. The highest BCUT2D eigenvalue weighted by Gasteiger charge is 2.21. The van der Waals surface area contributed by atoms with E-state index in [1.165, 1.54) is 0 Å². The molecular formula is C45H26N4S2. The Balaban J connectivity index is 1.23. The van der Waals surface area contributed by atoms with Gasteiger partial charge in [0.05, 0.1) is 26.1 Å². The molecule has 11 aromatic rings. The van der Waals surface area contributed by atoms with Crippen molar-refractivity contribution in [3.63, 3.8) is 0 Å². The summed E-state index contributed by atoms with van der Waals surface area (Å²) in [5.74, 6) is 0.428. The summed E-state index contributed by atoms with van der Waals surface area (Å²) in [5, 5.41) is 4.26. The molecule has 51 heavy (non-hydrogen) atoms. The number of rotatable bonds is 4. The van der Waals surface area contributed by atoms with E-state index in [9.17, 15) is 4.11 Å². The topological polar surface area (TPSA) is 43.6 Å². The van der Waals surface area contributed by atoms with Crippen molar-refractivity contribution < 1.29 is 15.1 Å². The minimum Gasteiger partial charge on any atom is -0.278 e. The fraction of sp³-hybridized carbons (Fsp3) is 0. The summed E-state index contributed by atoms with van der Waals surface area (Å²) < 4.78 is 102. The van der Waals surface area contributed by atoms with Gasteiger partial charge in [-0.1, -0.05) is 127 Å². The molecule has 238 valence electrons. The third-order valence-corrected chi connectivity index (χ3v) is 11.3. The molecule has 0 aliphatic rings. The van der Waals surface area contributed by atoms with Gasteiger partial charge in [-0.2, -0.15) is 9.97 Å². The number of thiophene rings is 2. The van der Waals surface area contributed by atoms with Gasteiger partial charge < -0.3 is 0 Å². The second-order valence-electron chi connectivity index (χ2n) is 11.9. The van der Waals surface area contributed by atoms with Crippen LogP contribution in [0.1, 0.15) is 15.1 Å². The van der Waals surface area contributed by atoms with Crippen molar-refractivity contribution in [1.29, 1.82) is 0 Å². The zero-order valence-corrected chi connectivity index (χ0v) is 27.9. The number of fused-ring (bicyclic) bond motifs is 10. The third-order valence-electron chi connectivity index (χ3n) is 9.08. The van der Waals surface area contributed by atoms with Crippen LogP contribution in [0.4, 0.5) is 0 Å². The van der Waals surface area contributed by atoms with E-state index in [1.54, 1.807) is 11.3 Å². The van der Waals surface area contributed by atoms with E-state index in [2.05, 4.69) is 24.3 Å². The molecule has 11 rings (SSSR count). The SMILES string of the molecule is [2H]c1c([2H])c([2H])c(-c2c([2H])c([2H])c([2H])c3sc4c([2H])c(-c5nc(-c6ccccc6)nc(-n6c7ccccc7c7c8sc9ccccc9c8ccc76)n5)c([2H])c([2H])c4c23)c([2H])c1[2H]. The summed E-state index contributed by atoms with van der Waals surface area (Å²) in [6, 6.07) is 23.9. The first-order valence-corrected chi connectivity index (χ1v) is 17.7. The average molecular weight is 698 g/mol. The van der Waals surface area contributed by atoms with Gasteiger partial charge in [-0.25, -0.2) is 4.98 Å². The molecule has 4 nitrogen and oxygen atoms in total. The smallest absolute Gasteiger partial charge is 0.238 e. The molecule has 0 amide bonds. The van der Waals surface area contributed by atoms with E-state index in [0.29, 0.717) is 5.56 Å². The molecule has 0 aliphatic heterocycles. The minimum absolute atomic E-state index is 0.00720. The molecule has 0 bridgehead atoms. The van der Waals surface area contributed by atoms with Gasteiger partial charge in [-0.15, -0.1) is 22.7 Å². The summed E-state index contributed by atoms with van der Waals surface area (Å²) >= 11 is 2.61. The van der Waals surface area contributed by atoms with Crippen LogP contribution in [0.3, 0.4) is 0 Å². The van der Waals surface area contributed by atoms with Gasteiger partial charge in [0.1, 0.15) is 0 Å². The Bertz CT molecular complexity index is 3760. The standard InChI is InChI=1S/C45H26N4S2/c1-3-12-27(13-4-1)30-18-11-21-38-40(30)34-23-22-29(26-39(34)50-38)44-46-43(28-14-5-2-6-15-28)47-45(48-44)49-35-19-9-7-17-33(35)41-36(49)25-24-32-31-16-8-10-20-37(31)51-42(32)41/h1-26H/i1D,3D,4D,11D,12D,13D,18D,21D,22D,23D,26D. The maximum Gasteiger partial charge on any atom is 0.238 e. The molecule has 0 fully saturated rings. The lowest BCUT2D eigenvalue weighted by atomic mass is 9.99. The van der Waals surface area contributed by atoms with Crippen LogP contribution in [0.5, 0.6) is 0 Å². The van der Waals surface area contributed by atoms with E-state index >= 15 is 0 Å². The van der Waals surface area contributed by atoms with E-state index < -0.39 is 54.4 Å². The molecule has 0 N–H and O–H groups in total. The molecule has 0 radical (unpaired) electrons. The molecule has 0 saturated heterocycles. The Labute approximate surface area is 316 Å². The molecule has 0 spiro atoms. The Morgan fingerprint density at radius 3 is 2.14 bits per heavy atom. The van der Waals surface area contributed by atoms with Crippen molar-refractivity contribution in [2.24, 2.45) is 0 Å². The van der Waals surface area contributed by atoms with Crippen LogP contribution in [-0.2, 0) is 0 Å². The first kappa shape index (κ1) is 19.8. The van der Waals surface area contributed by atoms with Crippen molar-refractivity contribution in [1.82, 2.24) is 19.5 Å². The van der Waals surface area contributed by atoms with E-state index in [4.69, 9.17) is 25.9 Å². The van der Waals surface area contributed by atoms with Crippen LogP contribution in [0.2, 0.25) is 0 Å². The highest BCUT2D eigenvalue weighted by molar-refractivity contribution is 7.27. The molecule has 4 aromatic heterocycles. The lowest BCUT2D eigenvalue weighted by Gasteiger charge is -2.11. The molecule has 6 heteroatoms. The predicted octanol–water partition coefficient (Wildman–Crippen LogP) is 12.7. The number of benzene rings is 7. The van der Waals surface area contributed by atoms with Crippen LogP contribution in [0, 0.1) is 0 Å². The van der Waals surface area contributed by atoms with Crippen LogP contribution in [0.25, 0.3) is 102 Å². The number of para-hydroxylation sites is 1. The quantitative estimate of drug-likeness (QED) is 0.184. The molecule has 0 saturated carbocycles. The Hall–Kier alpha value is -6.21. The fourth-order valence-corrected chi connectivity index (χ4v) is 9.15. The first-order chi connectivity index (χ1) is 29.9. The number of aromatic nitrogens is 4. The number of hydrogen-bond donors (Lipinski definition) is 0. The maximum atomic E-state index is 9.69. The number of nitrogens with zero attached hydrogens (tertiary/aromatic N) is 4. The van der Waals surface area contributed by atoms with Crippen LogP contribution < -0.4 is 0 Å². The molecule has 0 unspecified atom stereocenters. The van der Waals surface area contributed by atoms with Crippen LogP contribution in [0.15, 0.2) is 157 Å². The zero-order chi connectivity index (χ0) is 43.0. The Morgan fingerprint density at radius 2 is 1.25 bits per heavy atom. The molecule has 0 atom stereocenters. The van der Waals surface area contributed by atoms with Gasteiger partial charge in [-0.3, -0.25) is 4.57 Å². The first-order valence-electron chi connectivity index (χ1n) is 21.6. The Kier molecular flexibility index (Phi) is 4.34. The molecular weight excluding hydrogens is 661 g/mol. The van der Waals surface area contributed by atoms with Gasteiger partial charge in [0.25, 0.3) is 0 Å². The van der Waals surface area contributed by atoms with Gasteiger partial charge in [0, 0.05) is 62.2 Å². The van der Waals surface area contributed by atoms with Gasteiger partial charge in [0.15, 0.2) is 11.6 Å². The van der Waals surface area contributed by atoms with Crippen molar-refractivity contribution in [3.8, 4) is 39.9 Å². The normalized spacial score (nSPS) is 14.9. The van der Waals surface area contributed by atoms with Crippen LogP contribution >= 0.6 is 22.7 Å². The van der Waals surface area contributed by atoms with Crippen molar-refractivity contribution in [3.05, 3.63) is 157 Å². The molecule has 7 aromatic carbocycles. The van der Waals surface area contributed by atoms with E-state index in [-0.39, 0.29) is 66.5 Å². The lowest BCUT2D eigenvalue weighted by Crippen LogP contribution is -2.06. The highest BCUT2D eigenvalue weighted by atomic mass is 32.1. The molecule has 4 heterocycles. The van der Waals surface area contributed by atoms with Gasteiger partial charge >= 0.3 is 0 Å².